The fourth-order valence-electron chi connectivity index (χ4n) is 8.49. The summed E-state index contributed by atoms with van der Waals surface area (Å²) < 4.78 is 11.4. The van der Waals surface area contributed by atoms with Gasteiger partial charge in [0.15, 0.2) is 16.6 Å². The van der Waals surface area contributed by atoms with Crippen LogP contribution in [0.4, 0.5) is 5.69 Å². The van der Waals surface area contributed by atoms with Crippen LogP contribution in [0.5, 0.6) is 11.5 Å². The molecule has 0 bridgehead atoms. The Bertz CT molecular complexity index is 1590. The van der Waals surface area contributed by atoms with Crippen molar-refractivity contribution in [2.24, 2.45) is 28.2 Å². The Morgan fingerprint density at radius 2 is 1.95 bits per heavy atom. The molecule has 2 aromatic carbocycles. The maximum absolute atomic E-state index is 11.6. The van der Waals surface area contributed by atoms with E-state index in [1.807, 2.05) is 37.3 Å². The molecule has 0 amide bonds. The predicted molar refractivity (Wildman–Crippen MR) is 174 cm³/mol. The highest BCUT2D eigenvalue weighted by Gasteiger charge is 2.59. The second-order valence-corrected chi connectivity index (χ2v) is 13.1. The molecular weight excluding hydrogens is 554 g/mol. The summed E-state index contributed by atoms with van der Waals surface area (Å²) in [5.41, 5.74) is 7.71. The lowest BCUT2D eigenvalue weighted by Gasteiger charge is -2.52. The van der Waals surface area contributed by atoms with Gasteiger partial charge in [-0.2, -0.15) is 0 Å². The number of anilines is 1. The predicted octanol–water partition coefficient (Wildman–Crippen LogP) is 6.74. The van der Waals surface area contributed by atoms with Gasteiger partial charge in [0, 0.05) is 23.2 Å². The molecule has 0 saturated heterocycles. The molecule has 222 valence electrons. The third-order valence-electron chi connectivity index (χ3n) is 10.4. The molecule has 0 aromatic heterocycles. The number of para-hydroxylation sites is 1. The SMILES string of the molecule is CC#CC1CC2[C@@H]3CCC4=C/C(=N/CNC(=S)Nc5ccccc5)CCC4=C3[C@@H](c3ccc4c(c3)OCO4)C[C@]2(C)[C@H]1O. The largest absolute Gasteiger partial charge is 0.454 e. The number of nitrogens with zero attached hydrogens (tertiary/aromatic N) is 1. The van der Waals surface area contributed by atoms with Crippen LogP contribution in [-0.2, 0) is 0 Å². The average molecular weight is 594 g/mol. The van der Waals surface area contributed by atoms with Gasteiger partial charge in [0.2, 0.25) is 6.79 Å². The van der Waals surface area contributed by atoms with Gasteiger partial charge in [-0.3, -0.25) is 4.99 Å². The molecule has 43 heavy (non-hydrogen) atoms. The molecule has 7 heteroatoms. The van der Waals surface area contributed by atoms with Crippen molar-refractivity contribution < 1.29 is 14.6 Å². The van der Waals surface area contributed by atoms with Gasteiger partial charge in [-0.25, -0.2) is 0 Å². The zero-order valence-corrected chi connectivity index (χ0v) is 25.7. The quantitative estimate of drug-likeness (QED) is 0.269. The van der Waals surface area contributed by atoms with Crippen LogP contribution in [0.2, 0.25) is 0 Å². The lowest BCUT2D eigenvalue weighted by Crippen LogP contribution is -2.45. The van der Waals surface area contributed by atoms with Crippen molar-refractivity contribution in [2.45, 2.75) is 64.4 Å². The first kappa shape index (κ1) is 28.2. The number of hydrogen-bond acceptors (Lipinski definition) is 5. The van der Waals surface area contributed by atoms with Crippen LogP contribution in [0.15, 0.2) is 76.3 Å². The van der Waals surface area contributed by atoms with Crippen LogP contribution in [0.25, 0.3) is 0 Å². The van der Waals surface area contributed by atoms with Crippen LogP contribution in [-0.4, -0.2) is 35.5 Å². The highest BCUT2D eigenvalue weighted by molar-refractivity contribution is 7.80. The maximum Gasteiger partial charge on any atom is 0.231 e. The molecule has 7 rings (SSSR count). The van der Waals surface area contributed by atoms with Crippen LogP contribution in [0.1, 0.15) is 63.9 Å². The van der Waals surface area contributed by atoms with Gasteiger partial charge >= 0.3 is 0 Å². The lowest BCUT2D eigenvalue weighted by molar-refractivity contribution is -0.0102. The summed E-state index contributed by atoms with van der Waals surface area (Å²) in [7, 11) is 0. The number of aliphatic hydroxyl groups is 1. The molecular formula is C36H39N3O3S. The molecule has 1 aliphatic heterocycles. The fraction of sp³-hybridized carbons (Fsp3) is 0.444. The average Bonchev–Trinajstić information content (AvgIpc) is 3.59. The summed E-state index contributed by atoms with van der Waals surface area (Å²) in [5, 5.41) is 18.7. The molecule has 2 fully saturated rings. The number of aliphatic hydroxyl groups excluding tert-OH is 1. The smallest absolute Gasteiger partial charge is 0.231 e. The highest BCUT2D eigenvalue weighted by atomic mass is 32.1. The molecule has 6 atom stereocenters. The number of rotatable bonds is 4. The molecule has 6 nitrogen and oxygen atoms in total. The molecule has 2 saturated carbocycles. The van der Waals surface area contributed by atoms with E-state index in [2.05, 4.69) is 53.7 Å². The van der Waals surface area contributed by atoms with E-state index in [1.165, 1.54) is 16.7 Å². The van der Waals surface area contributed by atoms with Gasteiger partial charge in [0.05, 0.1) is 6.10 Å². The summed E-state index contributed by atoms with van der Waals surface area (Å²) in [4.78, 5) is 4.88. The molecule has 3 N–H and O–H groups in total. The number of fused-ring (bicyclic) bond motifs is 5. The number of ether oxygens (including phenoxy) is 2. The van der Waals surface area contributed by atoms with E-state index < -0.39 is 6.10 Å². The van der Waals surface area contributed by atoms with Crippen molar-refractivity contribution in [3.8, 4) is 23.3 Å². The Morgan fingerprint density at radius 3 is 2.79 bits per heavy atom. The van der Waals surface area contributed by atoms with E-state index in [4.69, 9.17) is 26.7 Å². The molecule has 5 aliphatic rings. The van der Waals surface area contributed by atoms with Gasteiger partial charge in [0.1, 0.15) is 6.67 Å². The van der Waals surface area contributed by atoms with E-state index in [0.717, 1.165) is 61.4 Å². The van der Waals surface area contributed by atoms with E-state index in [9.17, 15) is 5.11 Å². The maximum atomic E-state index is 11.6. The molecule has 2 aromatic rings. The van der Waals surface area contributed by atoms with Crippen molar-refractivity contribution in [1.29, 1.82) is 0 Å². The van der Waals surface area contributed by atoms with Gasteiger partial charge in [0.25, 0.3) is 0 Å². The van der Waals surface area contributed by atoms with E-state index >= 15 is 0 Å². The van der Waals surface area contributed by atoms with Gasteiger partial charge < -0.3 is 25.2 Å². The molecule has 1 heterocycles. The first-order valence-electron chi connectivity index (χ1n) is 15.5. The Hall–Kier alpha value is -3.60. The summed E-state index contributed by atoms with van der Waals surface area (Å²) in [6, 6.07) is 16.4. The molecule has 2 unspecified atom stereocenters. The standard InChI is InChI=1S/C36H39N3O3S/c1-3-7-24-17-30-28-13-10-22-16-26(37-20-38-35(43)39-25-8-5-4-6-9-25)12-14-27(22)33(28)29(19-36(30,2)34(24)40)23-11-15-31-32(18-23)42-21-41-31/h4-6,8-9,11,15-16,18,24,28-30,34,40H,10,12-14,17,19-21H2,1-2H3,(H2,38,39,43)/b37-26+/t24?,28-,29+,30?,34-,36-/m0/s1. The zero-order chi connectivity index (χ0) is 29.6. The van der Waals surface area contributed by atoms with Crippen molar-refractivity contribution >= 4 is 28.7 Å². The minimum absolute atomic E-state index is 0.0405. The highest BCUT2D eigenvalue weighted by Crippen LogP contribution is 2.65. The molecule has 0 spiro atoms. The van der Waals surface area contributed by atoms with E-state index in [1.54, 1.807) is 5.57 Å². The topological polar surface area (TPSA) is 75.1 Å². The molecule has 0 radical (unpaired) electrons. The van der Waals surface area contributed by atoms with E-state index in [0.29, 0.717) is 23.6 Å². The van der Waals surface area contributed by atoms with Gasteiger partial charge in [-0.05, 0) is 122 Å². The number of thiocarbonyl (C=S) groups is 1. The zero-order valence-electron chi connectivity index (χ0n) is 24.9. The lowest BCUT2D eigenvalue weighted by atomic mass is 9.53. The van der Waals surface area contributed by atoms with Crippen molar-refractivity contribution in [2.75, 3.05) is 18.8 Å². The minimum Gasteiger partial charge on any atom is -0.454 e. The third-order valence-corrected chi connectivity index (χ3v) is 10.7. The van der Waals surface area contributed by atoms with Crippen molar-refractivity contribution in [1.82, 2.24) is 5.32 Å². The monoisotopic (exact) mass is 593 g/mol. The first-order valence-corrected chi connectivity index (χ1v) is 15.9. The van der Waals surface area contributed by atoms with Crippen molar-refractivity contribution in [3.05, 3.63) is 76.9 Å². The van der Waals surface area contributed by atoms with Gasteiger partial charge in [-0.15, -0.1) is 5.92 Å². The Kier molecular flexibility index (Phi) is 7.53. The van der Waals surface area contributed by atoms with Crippen LogP contribution in [0.3, 0.4) is 0 Å². The van der Waals surface area contributed by atoms with Crippen LogP contribution < -0.4 is 20.1 Å². The van der Waals surface area contributed by atoms with Gasteiger partial charge in [-0.1, -0.05) is 42.7 Å². The third kappa shape index (κ3) is 5.15. The number of allylic oxidation sites excluding steroid dienone is 4. The Morgan fingerprint density at radius 1 is 1.12 bits per heavy atom. The van der Waals surface area contributed by atoms with Crippen molar-refractivity contribution in [3.63, 3.8) is 0 Å². The second kappa shape index (κ2) is 11.5. The summed E-state index contributed by atoms with van der Waals surface area (Å²) in [6.45, 7) is 4.93. The first-order chi connectivity index (χ1) is 20.9. The Balaban J connectivity index is 1.18. The summed E-state index contributed by atoms with van der Waals surface area (Å²) in [6.07, 6.45) is 7.86. The number of nitrogens with one attached hydrogen (secondary N) is 2. The number of aliphatic imine (C=N–C) groups is 1. The fourth-order valence-corrected chi connectivity index (χ4v) is 8.67. The molecule has 4 aliphatic carbocycles. The summed E-state index contributed by atoms with van der Waals surface area (Å²) in [5.74, 6) is 9.25. The second-order valence-electron chi connectivity index (χ2n) is 12.7. The van der Waals surface area contributed by atoms with Crippen LogP contribution >= 0.6 is 12.2 Å². The summed E-state index contributed by atoms with van der Waals surface area (Å²) >= 11 is 5.47. The number of hydrogen-bond donors (Lipinski definition) is 3. The minimum atomic E-state index is -0.412. The van der Waals surface area contributed by atoms with Crippen LogP contribution in [0, 0.1) is 35.0 Å². The number of benzene rings is 2. The Labute approximate surface area is 259 Å². The van der Waals surface area contributed by atoms with E-state index in [-0.39, 0.29) is 24.0 Å². The normalized spacial score (nSPS) is 31.3.